The number of carbonyl (C=O) groups is 2. The van der Waals surface area contributed by atoms with E-state index >= 15 is 0 Å². The van der Waals surface area contributed by atoms with Crippen molar-refractivity contribution in [3.63, 3.8) is 0 Å². The number of carboxylic acids is 1. The van der Waals surface area contributed by atoms with Gasteiger partial charge in [0.25, 0.3) is 0 Å². The minimum Gasteiger partial charge on any atom is -0.480 e. The summed E-state index contributed by atoms with van der Waals surface area (Å²) in [7, 11) is 0. The highest BCUT2D eigenvalue weighted by molar-refractivity contribution is 5.83. The molecule has 0 aliphatic heterocycles. The van der Waals surface area contributed by atoms with Crippen molar-refractivity contribution in [3.8, 4) is 0 Å². The fourth-order valence-corrected chi connectivity index (χ4v) is 1.05. The zero-order valence-corrected chi connectivity index (χ0v) is 10.7. The summed E-state index contributed by atoms with van der Waals surface area (Å²) >= 11 is 0. The second-order valence-electron chi connectivity index (χ2n) is 3.50. The van der Waals surface area contributed by atoms with Gasteiger partial charge >= 0.3 is 5.97 Å². The largest absolute Gasteiger partial charge is 0.480 e. The number of allylic oxidation sites excluding steroid dienone is 1. The molecule has 0 aliphatic rings. The summed E-state index contributed by atoms with van der Waals surface area (Å²) in [5.41, 5.74) is 5.28. The number of nitrogens with one attached hydrogen (secondary N) is 1. The smallest absolute Gasteiger partial charge is 0.326 e. The lowest BCUT2D eigenvalue weighted by Crippen LogP contribution is -2.40. The molecule has 0 heterocycles. The van der Waals surface area contributed by atoms with Crippen LogP contribution in [0.5, 0.6) is 0 Å². The van der Waals surface area contributed by atoms with Gasteiger partial charge in [0.05, 0.1) is 0 Å². The van der Waals surface area contributed by atoms with Gasteiger partial charge in [-0.25, -0.2) is 4.79 Å². The predicted molar refractivity (Wildman–Crippen MR) is 68.6 cm³/mol. The fourth-order valence-electron chi connectivity index (χ4n) is 1.05. The molecule has 1 atom stereocenters. The quantitative estimate of drug-likeness (QED) is 0.464. The Hall–Kier alpha value is -1.36. The van der Waals surface area contributed by atoms with Crippen LogP contribution in [0.1, 0.15) is 39.5 Å². The second kappa shape index (κ2) is 12.7. The number of amides is 1. The topological polar surface area (TPSA) is 92.4 Å². The summed E-state index contributed by atoms with van der Waals surface area (Å²) in [6.45, 7) is 7.49. The van der Waals surface area contributed by atoms with Crippen LogP contribution in [0.2, 0.25) is 0 Å². The number of carboxylic acid groups (broad SMARTS) is 1. The van der Waals surface area contributed by atoms with Gasteiger partial charge in [-0.15, -0.1) is 6.58 Å². The summed E-state index contributed by atoms with van der Waals surface area (Å²) in [5, 5.41) is 11.2. The summed E-state index contributed by atoms with van der Waals surface area (Å²) in [6.07, 6.45) is 4.00. The van der Waals surface area contributed by atoms with E-state index in [4.69, 9.17) is 10.8 Å². The van der Waals surface area contributed by atoms with Gasteiger partial charge in [-0.1, -0.05) is 13.0 Å². The van der Waals surface area contributed by atoms with Crippen LogP contribution in [0.15, 0.2) is 12.7 Å². The SMILES string of the molecule is C=CC.CCC(=O)NC(CCCCN)C(=O)O. The van der Waals surface area contributed by atoms with Crippen LogP contribution < -0.4 is 11.1 Å². The van der Waals surface area contributed by atoms with E-state index in [1.807, 2.05) is 6.92 Å². The third-order valence-corrected chi connectivity index (χ3v) is 1.90. The molecule has 1 unspecified atom stereocenters. The maximum Gasteiger partial charge on any atom is 0.326 e. The first kappa shape index (κ1) is 18.0. The van der Waals surface area contributed by atoms with Crippen molar-refractivity contribution in [2.24, 2.45) is 5.73 Å². The molecule has 17 heavy (non-hydrogen) atoms. The maximum atomic E-state index is 11.0. The third-order valence-electron chi connectivity index (χ3n) is 1.90. The van der Waals surface area contributed by atoms with Crippen LogP contribution in [0.25, 0.3) is 0 Å². The number of unbranched alkanes of at least 4 members (excludes halogenated alkanes) is 1. The molecule has 0 radical (unpaired) electrons. The molecule has 0 fully saturated rings. The van der Waals surface area contributed by atoms with E-state index in [1.165, 1.54) is 0 Å². The summed E-state index contributed by atoms with van der Waals surface area (Å²) in [6, 6.07) is -0.769. The van der Waals surface area contributed by atoms with Crippen molar-refractivity contribution >= 4 is 11.9 Å². The van der Waals surface area contributed by atoms with Crippen molar-refractivity contribution in [1.29, 1.82) is 0 Å². The standard InChI is InChI=1S/C9H18N2O3.C3H6/c1-2-8(12)11-7(9(13)14)5-3-4-6-10;1-3-2/h7H,2-6,10H2,1H3,(H,11,12)(H,13,14);3H,1H2,2H3. The molecule has 100 valence electrons. The Morgan fingerprint density at radius 1 is 1.47 bits per heavy atom. The molecule has 0 spiro atoms. The van der Waals surface area contributed by atoms with Gasteiger partial charge in [-0.2, -0.15) is 0 Å². The molecule has 0 aromatic rings. The lowest BCUT2D eigenvalue weighted by molar-refractivity contribution is -0.142. The fraction of sp³-hybridized carbons (Fsp3) is 0.667. The minimum absolute atomic E-state index is 0.231. The number of hydrogen-bond acceptors (Lipinski definition) is 3. The Morgan fingerprint density at radius 3 is 2.35 bits per heavy atom. The monoisotopic (exact) mass is 244 g/mol. The molecule has 0 saturated heterocycles. The normalized spacial score (nSPS) is 10.8. The average molecular weight is 244 g/mol. The van der Waals surface area contributed by atoms with E-state index in [2.05, 4.69) is 11.9 Å². The number of aliphatic carboxylic acids is 1. The van der Waals surface area contributed by atoms with Crippen molar-refractivity contribution in [1.82, 2.24) is 5.32 Å². The van der Waals surface area contributed by atoms with Crippen molar-refractivity contribution in [3.05, 3.63) is 12.7 Å². The highest BCUT2D eigenvalue weighted by Crippen LogP contribution is 2.00. The second-order valence-corrected chi connectivity index (χ2v) is 3.50. The third kappa shape index (κ3) is 12.6. The van der Waals surface area contributed by atoms with Crippen molar-refractivity contribution in [2.45, 2.75) is 45.6 Å². The molecular weight excluding hydrogens is 220 g/mol. The summed E-state index contributed by atoms with van der Waals surface area (Å²) in [5.74, 6) is -1.21. The highest BCUT2D eigenvalue weighted by atomic mass is 16.4. The molecule has 5 heteroatoms. The zero-order chi connectivity index (χ0) is 13.7. The Labute approximate surface area is 103 Å². The first-order chi connectivity index (χ1) is 8.03. The number of rotatable bonds is 7. The van der Waals surface area contributed by atoms with E-state index in [1.54, 1.807) is 13.0 Å². The summed E-state index contributed by atoms with van der Waals surface area (Å²) < 4.78 is 0. The Bertz CT molecular complexity index is 230. The van der Waals surface area contributed by atoms with E-state index in [0.29, 0.717) is 19.4 Å². The number of carbonyl (C=O) groups excluding carboxylic acids is 1. The van der Waals surface area contributed by atoms with Gasteiger partial charge < -0.3 is 16.2 Å². The first-order valence-corrected chi connectivity index (χ1v) is 5.82. The van der Waals surface area contributed by atoms with E-state index in [-0.39, 0.29) is 5.91 Å². The zero-order valence-electron chi connectivity index (χ0n) is 10.7. The van der Waals surface area contributed by atoms with Gasteiger partial charge in [0.2, 0.25) is 5.91 Å². The van der Waals surface area contributed by atoms with Crippen LogP contribution in [0.3, 0.4) is 0 Å². The van der Waals surface area contributed by atoms with Gasteiger partial charge in [0.15, 0.2) is 0 Å². The highest BCUT2D eigenvalue weighted by Gasteiger charge is 2.17. The lowest BCUT2D eigenvalue weighted by atomic mass is 10.1. The molecule has 0 aromatic heterocycles. The molecule has 0 rings (SSSR count). The van der Waals surface area contributed by atoms with E-state index < -0.39 is 12.0 Å². The summed E-state index contributed by atoms with van der Waals surface area (Å²) in [4.78, 5) is 21.7. The molecule has 0 aliphatic carbocycles. The Kier molecular flexibility index (Phi) is 13.5. The molecule has 0 aromatic carbocycles. The van der Waals surface area contributed by atoms with Crippen LogP contribution in [0, 0.1) is 0 Å². The molecule has 5 nitrogen and oxygen atoms in total. The Balaban J connectivity index is 0. The molecule has 0 saturated carbocycles. The molecule has 1 amide bonds. The van der Waals surface area contributed by atoms with Crippen molar-refractivity contribution in [2.75, 3.05) is 6.54 Å². The van der Waals surface area contributed by atoms with Crippen LogP contribution in [-0.4, -0.2) is 29.6 Å². The van der Waals surface area contributed by atoms with Gasteiger partial charge in [-0.3, -0.25) is 4.79 Å². The van der Waals surface area contributed by atoms with Gasteiger partial charge in [0.1, 0.15) is 6.04 Å². The first-order valence-electron chi connectivity index (χ1n) is 5.82. The van der Waals surface area contributed by atoms with Gasteiger partial charge in [-0.05, 0) is 32.7 Å². The Morgan fingerprint density at radius 2 is 2.00 bits per heavy atom. The molecular formula is C12H24N2O3. The van der Waals surface area contributed by atoms with Crippen molar-refractivity contribution < 1.29 is 14.7 Å². The minimum atomic E-state index is -0.983. The van der Waals surface area contributed by atoms with Crippen LogP contribution in [0.4, 0.5) is 0 Å². The van der Waals surface area contributed by atoms with E-state index in [0.717, 1.165) is 12.8 Å². The number of nitrogens with two attached hydrogens (primary N) is 1. The number of hydrogen-bond donors (Lipinski definition) is 3. The predicted octanol–water partition coefficient (Wildman–Crippen LogP) is 1.29. The van der Waals surface area contributed by atoms with E-state index in [9.17, 15) is 9.59 Å². The molecule has 0 bridgehead atoms. The average Bonchev–Trinajstić information content (AvgIpc) is 2.28. The molecule has 4 N–H and O–H groups in total. The maximum absolute atomic E-state index is 11.0. The van der Waals surface area contributed by atoms with Gasteiger partial charge in [0, 0.05) is 6.42 Å². The van der Waals surface area contributed by atoms with Crippen LogP contribution in [-0.2, 0) is 9.59 Å². The lowest BCUT2D eigenvalue weighted by Gasteiger charge is -2.13. The van der Waals surface area contributed by atoms with Crippen LogP contribution >= 0.6 is 0 Å².